The third kappa shape index (κ3) is 1.87. The first-order valence-electron chi connectivity index (χ1n) is 2.71. The van der Waals surface area contributed by atoms with E-state index in [0.29, 0.717) is 6.04 Å². The fourth-order valence-corrected chi connectivity index (χ4v) is 2.56. The van der Waals surface area contributed by atoms with Crippen LogP contribution in [-0.4, -0.2) is 12.5 Å². The molecule has 0 amide bonds. The Hall–Kier alpha value is 0.647. The Morgan fingerprint density at radius 2 is 2.50 bits per heavy atom. The van der Waals surface area contributed by atoms with Crippen molar-refractivity contribution in [1.82, 2.24) is 4.98 Å². The summed E-state index contributed by atoms with van der Waals surface area (Å²) in [6, 6.07) is 0.714. The van der Waals surface area contributed by atoms with Gasteiger partial charge in [-0.1, -0.05) is 12.2 Å². The molecule has 0 saturated heterocycles. The number of hydrogen-bond acceptors (Lipinski definition) is 1. The Balaban J connectivity index is 2.11. The molecule has 0 aromatic rings. The van der Waals surface area contributed by atoms with E-state index < -0.39 is 0 Å². The van der Waals surface area contributed by atoms with E-state index in [1.807, 2.05) is 0 Å². The van der Waals surface area contributed by atoms with Crippen molar-refractivity contribution in [3.05, 3.63) is 12.2 Å². The van der Waals surface area contributed by atoms with Crippen LogP contribution in [0.3, 0.4) is 0 Å². The lowest BCUT2D eigenvalue weighted by Crippen LogP contribution is -2.37. The molecule has 1 nitrogen and oxygen atoms in total. The van der Waals surface area contributed by atoms with Gasteiger partial charge in [0.1, 0.15) is 0 Å². The Morgan fingerprint density at radius 1 is 1.88 bits per heavy atom. The summed E-state index contributed by atoms with van der Waals surface area (Å²) in [6.45, 7) is 2.04. The second kappa shape index (κ2) is 2.98. The Labute approximate surface area is 64.4 Å². The molecule has 1 rings (SSSR count). The highest BCUT2D eigenvalue weighted by atomic mass is 127. The topological polar surface area (TPSA) is 12.0 Å². The maximum absolute atomic E-state index is 3.48. The summed E-state index contributed by atoms with van der Waals surface area (Å²) < 4.78 is 0. The minimum absolute atomic E-state index is 0.226. The number of rotatable bonds is 2. The van der Waals surface area contributed by atoms with Crippen molar-refractivity contribution in [2.45, 2.75) is 19.0 Å². The zero-order valence-electron chi connectivity index (χ0n) is 4.82. The highest BCUT2D eigenvalue weighted by Gasteiger charge is 2.21. The van der Waals surface area contributed by atoms with Gasteiger partial charge in [-0.3, -0.25) is 0 Å². The van der Waals surface area contributed by atoms with Gasteiger partial charge in [0, 0.05) is 0 Å². The molecular weight excluding hydrogens is 229 g/mol. The van der Waals surface area contributed by atoms with E-state index in [2.05, 4.69) is 45.5 Å². The molecule has 1 aliphatic carbocycles. The monoisotopic (exact) mass is 238 g/mol. The van der Waals surface area contributed by atoms with Crippen molar-refractivity contribution in [2.24, 2.45) is 0 Å². The van der Waals surface area contributed by atoms with E-state index in [1.54, 1.807) is 0 Å². The minimum atomic E-state index is -0.226. The fourth-order valence-electron chi connectivity index (χ4n) is 0.635. The summed E-state index contributed by atoms with van der Waals surface area (Å²) in [5.41, 5.74) is 0. The molecule has 0 aliphatic heterocycles. The lowest BCUT2D eigenvalue weighted by Gasteiger charge is -2.13. The summed E-state index contributed by atoms with van der Waals surface area (Å²) in [4.78, 5) is 3.48. The van der Waals surface area contributed by atoms with Gasteiger partial charge < -0.3 is 0 Å². The molecule has 1 atom stereocenters. The molecule has 3 heteroatoms. The van der Waals surface area contributed by atoms with Gasteiger partial charge in [-0.05, 0) is 6.42 Å². The number of halogens is 1. The van der Waals surface area contributed by atoms with Crippen molar-refractivity contribution in [3.63, 3.8) is 0 Å². The predicted octanol–water partition coefficient (Wildman–Crippen LogP) is 1.46. The zero-order chi connectivity index (χ0) is 5.98. The normalized spacial score (nSPS) is 25.0. The van der Waals surface area contributed by atoms with Gasteiger partial charge in [0.2, 0.25) is 0 Å². The van der Waals surface area contributed by atoms with Crippen LogP contribution in [0.5, 0.6) is 0 Å². The molecule has 0 saturated carbocycles. The zero-order valence-corrected chi connectivity index (χ0v) is 7.97. The second-order valence-corrected chi connectivity index (χ2v) is 8.16. The SMILES string of the molecule is C[Si+](I)NC1C=CC1. The minimum Gasteiger partial charge on any atom is -0.175 e. The summed E-state index contributed by atoms with van der Waals surface area (Å²) >= 11 is 2.47. The number of hydrogen-bond donors (Lipinski definition) is 1. The first kappa shape index (κ1) is 6.76. The molecule has 0 heterocycles. The molecule has 0 radical (unpaired) electrons. The highest BCUT2D eigenvalue weighted by Crippen LogP contribution is 2.08. The van der Waals surface area contributed by atoms with Gasteiger partial charge in [-0.25, -0.2) is 0 Å². The standard InChI is InChI=1S/C5H9INSi/c1-8(6)7-5-3-2-4-5/h2-3,5,7H,4H2,1H3/q+1. The van der Waals surface area contributed by atoms with Crippen LogP contribution in [0, 0.1) is 0 Å². The van der Waals surface area contributed by atoms with Gasteiger partial charge in [0.05, 0.1) is 12.6 Å². The predicted molar refractivity (Wildman–Crippen MR) is 46.3 cm³/mol. The lowest BCUT2D eigenvalue weighted by atomic mass is 10.1. The maximum atomic E-state index is 3.48. The van der Waals surface area contributed by atoms with Crippen molar-refractivity contribution in [2.75, 3.05) is 0 Å². The van der Waals surface area contributed by atoms with Crippen LogP contribution < -0.4 is 4.98 Å². The van der Waals surface area contributed by atoms with Crippen molar-refractivity contribution in [1.29, 1.82) is 0 Å². The summed E-state index contributed by atoms with van der Waals surface area (Å²) in [7, 11) is 0. The average Bonchev–Trinajstić information content (AvgIpc) is 1.55. The first-order chi connectivity index (χ1) is 3.79. The Morgan fingerprint density at radius 3 is 2.62 bits per heavy atom. The van der Waals surface area contributed by atoms with Crippen LogP contribution in [-0.2, 0) is 0 Å². The molecule has 0 fully saturated rings. The van der Waals surface area contributed by atoms with Crippen molar-refractivity contribution in [3.8, 4) is 0 Å². The lowest BCUT2D eigenvalue weighted by molar-refractivity contribution is 0.704. The van der Waals surface area contributed by atoms with Gasteiger partial charge in [-0.15, -0.1) is 0 Å². The van der Waals surface area contributed by atoms with Crippen LogP contribution >= 0.6 is 21.8 Å². The molecule has 0 spiro atoms. The van der Waals surface area contributed by atoms with Crippen LogP contribution in [0.1, 0.15) is 6.42 Å². The molecular formula is C5H9INSi+. The maximum Gasteiger partial charge on any atom is 0.471 e. The average molecular weight is 238 g/mol. The van der Waals surface area contributed by atoms with Crippen molar-refractivity contribution < 1.29 is 0 Å². The van der Waals surface area contributed by atoms with E-state index >= 15 is 0 Å². The molecule has 0 aromatic heterocycles. The Bertz CT molecular complexity index is 103. The number of nitrogens with one attached hydrogen (secondary N) is 1. The largest absolute Gasteiger partial charge is 0.471 e. The van der Waals surface area contributed by atoms with Crippen LogP contribution in [0.15, 0.2) is 12.2 Å². The van der Waals surface area contributed by atoms with Gasteiger partial charge >= 0.3 is 6.45 Å². The molecule has 0 aromatic carbocycles. The molecule has 8 heavy (non-hydrogen) atoms. The second-order valence-electron chi connectivity index (χ2n) is 1.95. The van der Waals surface area contributed by atoms with Gasteiger partial charge in [-0.2, -0.15) is 4.98 Å². The molecule has 1 aliphatic rings. The molecule has 1 N–H and O–H groups in total. The quantitative estimate of drug-likeness (QED) is 0.332. The molecule has 0 bridgehead atoms. The highest BCUT2D eigenvalue weighted by molar-refractivity contribution is 14.1. The van der Waals surface area contributed by atoms with E-state index in [0.717, 1.165) is 0 Å². The summed E-state index contributed by atoms with van der Waals surface area (Å²) in [5.74, 6) is 0. The smallest absolute Gasteiger partial charge is 0.175 e. The third-order valence-electron chi connectivity index (χ3n) is 1.14. The van der Waals surface area contributed by atoms with E-state index in [9.17, 15) is 0 Å². The molecule has 44 valence electrons. The molecule has 1 unspecified atom stereocenters. The summed E-state index contributed by atoms with van der Waals surface area (Å²) in [6.07, 6.45) is 5.68. The fraction of sp³-hybridized carbons (Fsp3) is 0.600. The van der Waals surface area contributed by atoms with Crippen molar-refractivity contribution >= 4 is 28.3 Å². The van der Waals surface area contributed by atoms with Crippen LogP contribution in [0.2, 0.25) is 6.55 Å². The van der Waals surface area contributed by atoms with Gasteiger partial charge in [0.25, 0.3) is 0 Å². The first-order valence-corrected chi connectivity index (χ1v) is 7.83. The third-order valence-corrected chi connectivity index (χ3v) is 2.85. The van der Waals surface area contributed by atoms with E-state index in [1.165, 1.54) is 6.42 Å². The summed E-state index contributed by atoms with van der Waals surface area (Å²) in [5, 5.41) is 0. The van der Waals surface area contributed by atoms with Crippen LogP contribution in [0.25, 0.3) is 0 Å². The van der Waals surface area contributed by atoms with E-state index in [-0.39, 0.29) is 6.45 Å². The van der Waals surface area contributed by atoms with Crippen LogP contribution in [0.4, 0.5) is 0 Å². The Kier molecular flexibility index (Phi) is 2.52. The van der Waals surface area contributed by atoms with E-state index in [4.69, 9.17) is 0 Å². The van der Waals surface area contributed by atoms with Gasteiger partial charge in [0.15, 0.2) is 21.8 Å².